The van der Waals surface area contributed by atoms with Gasteiger partial charge in [0.05, 0.1) is 4.92 Å². The fourth-order valence-electron chi connectivity index (χ4n) is 2.25. The Bertz CT molecular complexity index is 466. The summed E-state index contributed by atoms with van der Waals surface area (Å²) in [6, 6.07) is 5.39. The van der Waals surface area contributed by atoms with Crippen LogP contribution in [0.4, 0.5) is 5.69 Å². The number of nitrogens with zero attached hydrogens (tertiary/aromatic N) is 3. The molecule has 20 heavy (non-hydrogen) atoms. The maximum absolute atomic E-state index is 10.9. The Morgan fingerprint density at radius 2 is 2.05 bits per heavy atom. The van der Waals surface area contributed by atoms with E-state index in [-0.39, 0.29) is 10.7 Å². The highest BCUT2D eigenvalue weighted by molar-refractivity contribution is 6.32. The van der Waals surface area contributed by atoms with Crippen LogP contribution in [-0.2, 0) is 6.54 Å². The number of nitro groups is 1. The number of rotatable bonds is 7. The molecule has 0 radical (unpaired) electrons. The maximum Gasteiger partial charge on any atom is 0.288 e. The smallest absolute Gasteiger partial charge is 0.288 e. The van der Waals surface area contributed by atoms with E-state index >= 15 is 0 Å². The molecular formula is C14H22ClN3O2. The molecule has 0 aliphatic heterocycles. The SMILES string of the molecule is CCN(Cc1ccc(Cl)c([N+](=O)[O-])c1)C(C)CN(C)C. The van der Waals surface area contributed by atoms with Crippen molar-refractivity contribution >= 4 is 17.3 Å². The van der Waals surface area contributed by atoms with Gasteiger partial charge in [-0.05, 0) is 39.2 Å². The monoisotopic (exact) mass is 299 g/mol. The van der Waals surface area contributed by atoms with Crippen molar-refractivity contribution in [3.63, 3.8) is 0 Å². The minimum atomic E-state index is -0.439. The number of hydrogen-bond donors (Lipinski definition) is 0. The number of likely N-dealkylation sites (N-methyl/N-ethyl adjacent to an activating group) is 2. The summed E-state index contributed by atoms with van der Waals surface area (Å²) in [6.45, 7) is 6.78. The average molecular weight is 300 g/mol. The molecule has 0 N–H and O–H groups in total. The maximum atomic E-state index is 10.9. The summed E-state index contributed by atoms with van der Waals surface area (Å²) < 4.78 is 0. The molecule has 1 unspecified atom stereocenters. The molecule has 0 spiro atoms. The van der Waals surface area contributed by atoms with Crippen molar-refractivity contribution < 1.29 is 4.92 Å². The number of benzene rings is 1. The molecule has 1 aromatic carbocycles. The van der Waals surface area contributed by atoms with Gasteiger partial charge in [-0.3, -0.25) is 15.0 Å². The van der Waals surface area contributed by atoms with E-state index in [1.165, 1.54) is 0 Å². The summed E-state index contributed by atoms with van der Waals surface area (Å²) in [6.07, 6.45) is 0. The largest absolute Gasteiger partial charge is 0.308 e. The van der Waals surface area contributed by atoms with Crippen LogP contribution in [0.15, 0.2) is 18.2 Å². The normalized spacial score (nSPS) is 12.9. The molecule has 1 atom stereocenters. The van der Waals surface area contributed by atoms with Gasteiger partial charge >= 0.3 is 0 Å². The zero-order chi connectivity index (χ0) is 15.3. The number of halogens is 1. The van der Waals surface area contributed by atoms with Crippen molar-refractivity contribution in [1.82, 2.24) is 9.80 Å². The van der Waals surface area contributed by atoms with E-state index in [0.29, 0.717) is 12.6 Å². The molecule has 0 heterocycles. The van der Waals surface area contributed by atoms with E-state index in [4.69, 9.17) is 11.6 Å². The summed E-state index contributed by atoms with van der Waals surface area (Å²) in [7, 11) is 4.08. The fourth-order valence-corrected chi connectivity index (χ4v) is 2.44. The first kappa shape index (κ1) is 16.9. The molecular weight excluding hydrogens is 278 g/mol. The van der Waals surface area contributed by atoms with Gasteiger partial charge in [0.15, 0.2) is 0 Å². The highest BCUT2D eigenvalue weighted by Crippen LogP contribution is 2.25. The Kier molecular flexibility index (Phi) is 6.39. The van der Waals surface area contributed by atoms with Crippen LogP contribution >= 0.6 is 11.6 Å². The Labute approximate surface area is 125 Å². The predicted octanol–water partition coefficient (Wildman–Crippen LogP) is 3.02. The molecule has 0 aliphatic carbocycles. The summed E-state index contributed by atoms with van der Waals surface area (Å²) in [5.74, 6) is 0. The second-order valence-corrected chi connectivity index (χ2v) is 5.62. The summed E-state index contributed by atoms with van der Waals surface area (Å²) in [5.41, 5.74) is 0.883. The predicted molar refractivity (Wildman–Crippen MR) is 82.2 cm³/mol. The second-order valence-electron chi connectivity index (χ2n) is 5.22. The van der Waals surface area contributed by atoms with Crippen LogP contribution in [-0.4, -0.2) is 47.9 Å². The Hall–Kier alpha value is -1.17. The second kappa shape index (κ2) is 7.57. The molecule has 1 aromatic rings. The van der Waals surface area contributed by atoms with E-state index in [1.54, 1.807) is 12.1 Å². The van der Waals surface area contributed by atoms with Gasteiger partial charge in [-0.1, -0.05) is 24.6 Å². The molecule has 0 aliphatic rings. The van der Waals surface area contributed by atoms with E-state index in [9.17, 15) is 10.1 Å². The molecule has 112 valence electrons. The van der Waals surface area contributed by atoms with E-state index in [1.807, 2.05) is 20.2 Å². The third kappa shape index (κ3) is 4.74. The van der Waals surface area contributed by atoms with Gasteiger partial charge in [-0.2, -0.15) is 0 Å². The molecule has 0 aromatic heterocycles. The minimum absolute atomic E-state index is 0.0273. The Morgan fingerprint density at radius 1 is 1.40 bits per heavy atom. The van der Waals surface area contributed by atoms with E-state index in [2.05, 4.69) is 23.6 Å². The van der Waals surface area contributed by atoms with Gasteiger partial charge in [0, 0.05) is 25.2 Å². The number of nitro benzene ring substituents is 1. The first-order chi connectivity index (χ1) is 9.35. The molecule has 0 bridgehead atoms. The van der Waals surface area contributed by atoms with Crippen LogP contribution < -0.4 is 0 Å². The van der Waals surface area contributed by atoms with Crippen LogP contribution in [0, 0.1) is 10.1 Å². The van der Waals surface area contributed by atoms with Gasteiger partial charge < -0.3 is 4.90 Å². The van der Waals surface area contributed by atoms with Crippen LogP contribution in [0.5, 0.6) is 0 Å². The lowest BCUT2D eigenvalue weighted by Crippen LogP contribution is -2.39. The summed E-state index contributed by atoms with van der Waals surface area (Å²) >= 11 is 5.83. The van der Waals surface area contributed by atoms with Crippen molar-refractivity contribution in [3.05, 3.63) is 38.9 Å². The third-order valence-corrected chi connectivity index (χ3v) is 3.57. The van der Waals surface area contributed by atoms with E-state index < -0.39 is 4.92 Å². The highest BCUT2D eigenvalue weighted by atomic mass is 35.5. The van der Waals surface area contributed by atoms with Crippen LogP contribution in [0.1, 0.15) is 19.4 Å². The van der Waals surface area contributed by atoms with Crippen molar-refractivity contribution in [1.29, 1.82) is 0 Å². The van der Waals surface area contributed by atoms with Crippen molar-refractivity contribution in [3.8, 4) is 0 Å². The fraction of sp³-hybridized carbons (Fsp3) is 0.571. The van der Waals surface area contributed by atoms with Crippen LogP contribution in [0.25, 0.3) is 0 Å². The van der Waals surface area contributed by atoms with Crippen molar-refractivity contribution in [2.75, 3.05) is 27.2 Å². The lowest BCUT2D eigenvalue weighted by Gasteiger charge is -2.30. The molecule has 0 saturated heterocycles. The van der Waals surface area contributed by atoms with Crippen molar-refractivity contribution in [2.24, 2.45) is 0 Å². The topological polar surface area (TPSA) is 49.6 Å². The lowest BCUT2D eigenvalue weighted by atomic mass is 10.1. The molecule has 5 nitrogen and oxygen atoms in total. The Balaban J connectivity index is 2.85. The molecule has 6 heteroatoms. The summed E-state index contributed by atoms with van der Waals surface area (Å²) in [4.78, 5) is 14.9. The van der Waals surface area contributed by atoms with Gasteiger partial charge in [-0.25, -0.2) is 0 Å². The third-order valence-electron chi connectivity index (χ3n) is 3.25. The zero-order valence-electron chi connectivity index (χ0n) is 12.5. The zero-order valence-corrected chi connectivity index (χ0v) is 13.2. The molecule has 0 saturated carbocycles. The minimum Gasteiger partial charge on any atom is -0.308 e. The first-order valence-electron chi connectivity index (χ1n) is 6.66. The van der Waals surface area contributed by atoms with E-state index in [0.717, 1.165) is 18.7 Å². The van der Waals surface area contributed by atoms with Gasteiger partial charge in [0.2, 0.25) is 0 Å². The Morgan fingerprint density at radius 3 is 2.55 bits per heavy atom. The lowest BCUT2D eigenvalue weighted by molar-refractivity contribution is -0.384. The van der Waals surface area contributed by atoms with Gasteiger partial charge in [0.1, 0.15) is 5.02 Å². The quantitative estimate of drug-likeness (QED) is 0.573. The first-order valence-corrected chi connectivity index (χ1v) is 7.04. The van der Waals surface area contributed by atoms with Gasteiger partial charge in [0.25, 0.3) is 5.69 Å². The molecule has 0 amide bonds. The molecule has 0 fully saturated rings. The standard InChI is InChI=1S/C14H22ClN3O2/c1-5-17(11(2)9-16(3)4)10-12-6-7-13(15)14(8-12)18(19)20/h6-8,11H,5,9-10H2,1-4H3. The van der Waals surface area contributed by atoms with Gasteiger partial charge in [-0.15, -0.1) is 0 Å². The highest BCUT2D eigenvalue weighted by Gasteiger charge is 2.17. The molecule has 1 rings (SSSR count). The number of hydrogen-bond acceptors (Lipinski definition) is 4. The summed E-state index contributed by atoms with van der Waals surface area (Å²) in [5, 5.41) is 11.1. The average Bonchev–Trinajstić information content (AvgIpc) is 2.36. The van der Waals surface area contributed by atoms with Crippen LogP contribution in [0.2, 0.25) is 5.02 Å². The van der Waals surface area contributed by atoms with Crippen molar-refractivity contribution in [2.45, 2.75) is 26.4 Å². The van der Waals surface area contributed by atoms with Crippen LogP contribution in [0.3, 0.4) is 0 Å².